The Balaban J connectivity index is 1.65. The molecule has 36 heavy (non-hydrogen) atoms. The van der Waals surface area contributed by atoms with E-state index in [2.05, 4.69) is 48.5 Å². The Hall–Kier alpha value is -4.82. The molecule has 0 bridgehead atoms. The Bertz CT molecular complexity index is 2470. The minimum Gasteiger partial charge on any atom is -0.289 e. The SMILES string of the molecule is O=c1cc2c3ccc4cc5ccccc5c5c(=O)cc(c6ccc7c8ccccc8cc1c7c26)c3c45. The summed E-state index contributed by atoms with van der Waals surface area (Å²) in [5, 5.41) is 16.0. The van der Waals surface area contributed by atoms with Gasteiger partial charge in [0, 0.05) is 21.5 Å². The van der Waals surface area contributed by atoms with Crippen molar-refractivity contribution in [2.45, 2.75) is 0 Å². The van der Waals surface area contributed by atoms with Gasteiger partial charge >= 0.3 is 0 Å². The van der Waals surface area contributed by atoms with Crippen LogP contribution in [0.4, 0.5) is 0 Å². The first-order valence-electron chi connectivity index (χ1n) is 12.2. The zero-order valence-corrected chi connectivity index (χ0v) is 19.1. The molecular formula is C34H16O2. The van der Waals surface area contributed by atoms with Gasteiger partial charge in [0.05, 0.1) is 0 Å². The van der Waals surface area contributed by atoms with Crippen LogP contribution in [0.1, 0.15) is 0 Å². The molecule has 9 aromatic rings. The highest BCUT2D eigenvalue weighted by atomic mass is 16.1. The third kappa shape index (κ3) is 2.02. The second kappa shape index (κ2) is 6.05. The van der Waals surface area contributed by atoms with E-state index in [4.69, 9.17) is 0 Å². The summed E-state index contributed by atoms with van der Waals surface area (Å²) in [6.07, 6.45) is 0. The molecule has 9 rings (SSSR count). The number of hydrogen-bond acceptors (Lipinski definition) is 2. The van der Waals surface area contributed by atoms with E-state index in [0.29, 0.717) is 0 Å². The molecule has 164 valence electrons. The van der Waals surface area contributed by atoms with Crippen LogP contribution < -0.4 is 10.9 Å². The lowest BCUT2D eigenvalue weighted by molar-refractivity contribution is 1.72. The summed E-state index contributed by atoms with van der Waals surface area (Å²) >= 11 is 0. The molecule has 0 radical (unpaired) electrons. The Kier molecular flexibility index (Phi) is 3.11. The third-order valence-corrected chi connectivity index (χ3v) is 8.24. The van der Waals surface area contributed by atoms with E-state index in [1.54, 1.807) is 6.07 Å². The highest BCUT2D eigenvalue weighted by molar-refractivity contribution is 6.42. The molecule has 0 unspecified atom stereocenters. The van der Waals surface area contributed by atoms with E-state index in [1.807, 2.05) is 42.5 Å². The van der Waals surface area contributed by atoms with Crippen molar-refractivity contribution in [2.75, 3.05) is 0 Å². The average Bonchev–Trinajstić information content (AvgIpc) is 2.91. The predicted molar refractivity (Wildman–Crippen MR) is 153 cm³/mol. The molecule has 0 N–H and O–H groups in total. The van der Waals surface area contributed by atoms with Gasteiger partial charge in [0.1, 0.15) is 0 Å². The highest BCUT2D eigenvalue weighted by Gasteiger charge is 2.21. The van der Waals surface area contributed by atoms with Crippen molar-refractivity contribution in [3.8, 4) is 0 Å². The van der Waals surface area contributed by atoms with E-state index < -0.39 is 0 Å². The van der Waals surface area contributed by atoms with Crippen molar-refractivity contribution >= 4 is 86.2 Å². The van der Waals surface area contributed by atoms with Gasteiger partial charge in [0.15, 0.2) is 10.9 Å². The van der Waals surface area contributed by atoms with E-state index in [1.165, 1.54) is 0 Å². The van der Waals surface area contributed by atoms with Gasteiger partial charge < -0.3 is 0 Å². The maximum absolute atomic E-state index is 13.7. The number of rotatable bonds is 0. The normalized spacial score (nSPS) is 12.7. The van der Waals surface area contributed by atoms with Crippen molar-refractivity contribution in [3.05, 3.63) is 118 Å². The van der Waals surface area contributed by atoms with E-state index in [0.717, 1.165) is 86.2 Å². The standard InChI is InChI=1S/C34H16O2/c35-28-15-25-23-10-9-19-13-17-5-2-4-8-21(17)34-29(36)16-26(31(23)30(19)34)24-12-11-22-20-7-3-1-6-18(20)14-27(28)33(22)32(24)25/h1-16H. The smallest absolute Gasteiger partial charge is 0.187 e. The summed E-state index contributed by atoms with van der Waals surface area (Å²) in [6.45, 7) is 0. The average molecular weight is 457 g/mol. The van der Waals surface area contributed by atoms with Crippen molar-refractivity contribution in [2.24, 2.45) is 0 Å². The first kappa shape index (κ1) is 18.5. The zero-order chi connectivity index (χ0) is 23.7. The topological polar surface area (TPSA) is 34.1 Å². The fraction of sp³-hybridized carbons (Fsp3) is 0. The van der Waals surface area contributed by atoms with Crippen LogP contribution in [0.15, 0.2) is 107 Å². The summed E-state index contributed by atoms with van der Waals surface area (Å²) in [5.41, 5.74) is 0.0811. The fourth-order valence-corrected chi connectivity index (χ4v) is 6.80. The van der Waals surface area contributed by atoms with Gasteiger partial charge in [-0.25, -0.2) is 0 Å². The fourth-order valence-electron chi connectivity index (χ4n) is 6.80. The predicted octanol–water partition coefficient (Wildman–Crippen LogP) is 7.95. The summed E-state index contributed by atoms with van der Waals surface area (Å²) in [7, 11) is 0. The molecule has 0 atom stereocenters. The Morgan fingerprint density at radius 3 is 1.64 bits per heavy atom. The number of fused-ring (bicyclic) bond motifs is 6. The molecular weight excluding hydrogens is 440 g/mol. The Morgan fingerprint density at radius 1 is 0.306 bits per heavy atom. The first-order chi connectivity index (χ1) is 17.7. The molecule has 9 aromatic carbocycles. The zero-order valence-electron chi connectivity index (χ0n) is 19.1. The molecule has 0 aliphatic carbocycles. The van der Waals surface area contributed by atoms with Crippen LogP contribution in [-0.4, -0.2) is 0 Å². The maximum atomic E-state index is 13.7. The molecule has 0 saturated heterocycles. The minimum atomic E-state index is 0.0377. The summed E-state index contributed by atoms with van der Waals surface area (Å²) in [6, 6.07) is 32.7. The lowest BCUT2D eigenvalue weighted by Crippen LogP contribution is -2.05. The van der Waals surface area contributed by atoms with Crippen LogP contribution in [0.5, 0.6) is 0 Å². The Morgan fingerprint density at radius 2 is 0.861 bits per heavy atom. The van der Waals surface area contributed by atoms with Crippen LogP contribution in [0.25, 0.3) is 86.2 Å². The van der Waals surface area contributed by atoms with Crippen LogP contribution >= 0.6 is 0 Å². The second-order valence-electron chi connectivity index (χ2n) is 9.96. The lowest BCUT2D eigenvalue weighted by atomic mass is 9.83. The van der Waals surface area contributed by atoms with E-state index >= 15 is 0 Å². The van der Waals surface area contributed by atoms with Gasteiger partial charge in [0.25, 0.3) is 0 Å². The van der Waals surface area contributed by atoms with Gasteiger partial charge in [-0.15, -0.1) is 0 Å². The van der Waals surface area contributed by atoms with Crippen LogP contribution in [0.3, 0.4) is 0 Å². The van der Waals surface area contributed by atoms with Crippen LogP contribution in [-0.2, 0) is 0 Å². The van der Waals surface area contributed by atoms with Gasteiger partial charge in [-0.1, -0.05) is 72.8 Å². The van der Waals surface area contributed by atoms with Crippen molar-refractivity contribution < 1.29 is 0 Å². The molecule has 0 fully saturated rings. The molecule has 0 spiro atoms. The molecule has 0 heterocycles. The molecule has 0 amide bonds. The van der Waals surface area contributed by atoms with Crippen molar-refractivity contribution in [1.29, 1.82) is 0 Å². The molecule has 0 aromatic heterocycles. The minimum absolute atomic E-state index is 0.0377. The van der Waals surface area contributed by atoms with Crippen LogP contribution in [0, 0.1) is 0 Å². The maximum Gasteiger partial charge on any atom is 0.187 e. The van der Waals surface area contributed by atoms with Gasteiger partial charge in [-0.3, -0.25) is 9.59 Å². The first-order valence-corrected chi connectivity index (χ1v) is 12.2. The van der Waals surface area contributed by atoms with Crippen molar-refractivity contribution in [3.63, 3.8) is 0 Å². The summed E-state index contributed by atoms with van der Waals surface area (Å²) in [5.74, 6) is 0. The van der Waals surface area contributed by atoms with E-state index in [-0.39, 0.29) is 10.9 Å². The van der Waals surface area contributed by atoms with E-state index in [9.17, 15) is 9.59 Å². The quantitative estimate of drug-likeness (QED) is 0.171. The molecule has 0 aliphatic rings. The largest absolute Gasteiger partial charge is 0.289 e. The summed E-state index contributed by atoms with van der Waals surface area (Å²) < 4.78 is 0. The molecule has 0 aliphatic heterocycles. The van der Waals surface area contributed by atoms with Gasteiger partial charge in [0.2, 0.25) is 0 Å². The molecule has 0 saturated carbocycles. The number of benzene rings is 9. The number of hydrogen-bond donors (Lipinski definition) is 0. The highest BCUT2D eigenvalue weighted by Crippen LogP contribution is 2.45. The Labute approximate surface area is 203 Å². The lowest BCUT2D eigenvalue weighted by Gasteiger charge is -2.19. The monoisotopic (exact) mass is 456 g/mol. The molecule has 2 nitrogen and oxygen atoms in total. The van der Waals surface area contributed by atoms with Crippen molar-refractivity contribution in [1.82, 2.24) is 0 Å². The third-order valence-electron chi connectivity index (χ3n) is 8.24. The van der Waals surface area contributed by atoms with Crippen LogP contribution in [0.2, 0.25) is 0 Å². The second-order valence-corrected chi connectivity index (χ2v) is 9.96. The van der Waals surface area contributed by atoms with Gasteiger partial charge in [-0.2, -0.15) is 0 Å². The van der Waals surface area contributed by atoms with Gasteiger partial charge in [-0.05, 0) is 88.9 Å². The summed E-state index contributed by atoms with van der Waals surface area (Å²) in [4.78, 5) is 27.2. The molecule has 2 heteroatoms.